The van der Waals surface area contributed by atoms with Crippen LogP contribution in [0.1, 0.15) is 31.2 Å². The predicted octanol–water partition coefficient (Wildman–Crippen LogP) is 3.42. The van der Waals surface area contributed by atoms with Gasteiger partial charge in [-0.05, 0) is 62.1 Å². The molecule has 1 aliphatic heterocycles. The molecule has 184 valence electrons. The number of benzene rings is 2. The number of hydrogen-bond donors (Lipinski definition) is 2. The highest BCUT2D eigenvalue weighted by Gasteiger charge is 2.52. The number of halogens is 2. The standard InChI is InChI=1S/C25H31F2N3O4/c1-33-21-6-3-16(13-22(21)34-2)25-8-7-18(15-23(25)29(10-9-25)11-12-31)30(24(28)32)17-4-5-19(26)20(27)14-17/h3-6,13-14,18,23,31H,7-12,15H2,1-2H3,(H2,28,32)/t18-,23+,25+/m1/s1. The number of β-amino-alcohol motifs (C(OH)–C–C–N with tert-alkyl or cyclic N) is 1. The monoisotopic (exact) mass is 475 g/mol. The quantitative estimate of drug-likeness (QED) is 0.641. The summed E-state index contributed by atoms with van der Waals surface area (Å²) in [6, 6.07) is 8.37. The van der Waals surface area contributed by atoms with E-state index in [9.17, 15) is 18.7 Å². The van der Waals surface area contributed by atoms with Crippen LogP contribution in [0.3, 0.4) is 0 Å². The number of carbonyl (C=O) groups excluding carboxylic acids is 1. The van der Waals surface area contributed by atoms with Gasteiger partial charge < -0.3 is 20.3 Å². The number of methoxy groups -OCH3 is 2. The van der Waals surface area contributed by atoms with Gasteiger partial charge in [-0.15, -0.1) is 0 Å². The Kier molecular flexibility index (Phi) is 6.95. The second-order valence-electron chi connectivity index (χ2n) is 8.99. The normalized spacial score (nSPS) is 24.5. The van der Waals surface area contributed by atoms with Crippen LogP contribution in [0.4, 0.5) is 19.3 Å². The van der Waals surface area contributed by atoms with E-state index in [1.54, 1.807) is 14.2 Å². The molecule has 0 spiro atoms. The van der Waals surface area contributed by atoms with Gasteiger partial charge in [-0.3, -0.25) is 9.80 Å². The minimum absolute atomic E-state index is 0.0173. The molecule has 1 heterocycles. The lowest BCUT2D eigenvalue weighted by Gasteiger charge is -2.47. The Morgan fingerprint density at radius 2 is 1.91 bits per heavy atom. The van der Waals surface area contributed by atoms with Crippen molar-refractivity contribution in [1.29, 1.82) is 0 Å². The van der Waals surface area contributed by atoms with E-state index >= 15 is 0 Å². The third-order valence-electron chi connectivity index (χ3n) is 7.47. The summed E-state index contributed by atoms with van der Waals surface area (Å²) < 4.78 is 38.4. The third kappa shape index (κ3) is 4.18. The van der Waals surface area contributed by atoms with E-state index in [1.165, 1.54) is 11.0 Å². The Bertz CT molecular complexity index is 1050. The van der Waals surface area contributed by atoms with Crippen molar-refractivity contribution in [3.63, 3.8) is 0 Å². The van der Waals surface area contributed by atoms with E-state index < -0.39 is 17.7 Å². The lowest BCUT2D eigenvalue weighted by molar-refractivity contribution is 0.121. The fourth-order valence-electron chi connectivity index (χ4n) is 5.89. The molecular weight excluding hydrogens is 444 g/mol. The van der Waals surface area contributed by atoms with Crippen molar-refractivity contribution in [2.45, 2.75) is 43.2 Å². The fraction of sp³-hybridized carbons (Fsp3) is 0.480. The maximum atomic E-state index is 14.0. The number of rotatable bonds is 7. The summed E-state index contributed by atoms with van der Waals surface area (Å²) in [6.45, 7) is 1.33. The van der Waals surface area contributed by atoms with Crippen molar-refractivity contribution in [1.82, 2.24) is 4.90 Å². The summed E-state index contributed by atoms with van der Waals surface area (Å²) in [5, 5.41) is 9.68. The summed E-state index contributed by atoms with van der Waals surface area (Å²) in [5.41, 5.74) is 6.87. The van der Waals surface area contributed by atoms with E-state index in [0.29, 0.717) is 30.9 Å². The summed E-state index contributed by atoms with van der Waals surface area (Å²) in [7, 11) is 3.20. The van der Waals surface area contributed by atoms with E-state index in [1.807, 2.05) is 12.1 Å². The number of aliphatic hydroxyl groups excluding tert-OH is 1. The van der Waals surface area contributed by atoms with E-state index in [2.05, 4.69) is 11.0 Å². The van der Waals surface area contributed by atoms with Gasteiger partial charge in [-0.2, -0.15) is 0 Å². The average molecular weight is 476 g/mol. The number of carbonyl (C=O) groups is 1. The molecule has 2 fully saturated rings. The number of ether oxygens (including phenoxy) is 2. The molecule has 0 radical (unpaired) electrons. The number of urea groups is 1. The molecular formula is C25H31F2N3O4. The number of hydrogen-bond acceptors (Lipinski definition) is 5. The molecule has 34 heavy (non-hydrogen) atoms. The number of likely N-dealkylation sites (tertiary alicyclic amines) is 1. The smallest absolute Gasteiger partial charge is 0.319 e. The molecule has 2 aromatic carbocycles. The number of nitrogens with zero attached hydrogens (tertiary/aromatic N) is 2. The third-order valence-corrected chi connectivity index (χ3v) is 7.47. The Labute approximate surface area is 198 Å². The topological polar surface area (TPSA) is 88.3 Å². The molecule has 0 bridgehead atoms. The number of fused-ring (bicyclic) bond motifs is 1. The molecule has 9 heteroatoms. The number of nitrogens with two attached hydrogens (primary N) is 1. The van der Waals surface area contributed by atoms with Crippen LogP contribution in [0.5, 0.6) is 11.5 Å². The average Bonchev–Trinajstić information content (AvgIpc) is 3.20. The number of anilines is 1. The zero-order chi connectivity index (χ0) is 24.5. The van der Waals surface area contributed by atoms with Gasteiger partial charge in [-0.25, -0.2) is 13.6 Å². The minimum Gasteiger partial charge on any atom is -0.493 e. The maximum absolute atomic E-state index is 14.0. The van der Waals surface area contributed by atoms with Gasteiger partial charge in [0.1, 0.15) is 0 Å². The minimum atomic E-state index is -1.03. The molecule has 1 saturated carbocycles. The van der Waals surface area contributed by atoms with Crippen molar-refractivity contribution >= 4 is 11.7 Å². The zero-order valence-corrected chi connectivity index (χ0v) is 19.5. The Morgan fingerprint density at radius 1 is 1.15 bits per heavy atom. The largest absolute Gasteiger partial charge is 0.493 e. The van der Waals surface area contributed by atoms with Crippen LogP contribution in [-0.4, -0.2) is 62.0 Å². The fourth-order valence-corrected chi connectivity index (χ4v) is 5.89. The van der Waals surface area contributed by atoms with Gasteiger partial charge in [0.2, 0.25) is 0 Å². The van der Waals surface area contributed by atoms with Crippen LogP contribution in [0.25, 0.3) is 0 Å². The lowest BCUT2D eigenvalue weighted by atomic mass is 9.64. The van der Waals surface area contributed by atoms with Gasteiger partial charge in [0.15, 0.2) is 23.1 Å². The summed E-state index contributed by atoms with van der Waals surface area (Å²) in [4.78, 5) is 16.1. The van der Waals surface area contributed by atoms with Crippen molar-refractivity contribution in [2.24, 2.45) is 5.73 Å². The molecule has 2 amide bonds. The number of aliphatic hydroxyl groups is 1. The summed E-state index contributed by atoms with van der Waals surface area (Å²) >= 11 is 0. The van der Waals surface area contributed by atoms with Gasteiger partial charge in [0.05, 0.1) is 20.8 Å². The highest BCUT2D eigenvalue weighted by Crippen LogP contribution is 2.51. The van der Waals surface area contributed by atoms with Gasteiger partial charge >= 0.3 is 6.03 Å². The molecule has 3 atom stereocenters. The highest BCUT2D eigenvalue weighted by molar-refractivity contribution is 5.91. The van der Waals surface area contributed by atoms with E-state index in [4.69, 9.17) is 15.2 Å². The molecule has 7 nitrogen and oxygen atoms in total. The first-order chi connectivity index (χ1) is 16.3. The van der Waals surface area contributed by atoms with Crippen LogP contribution in [0.15, 0.2) is 36.4 Å². The first-order valence-electron chi connectivity index (χ1n) is 11.5. The lowest BCUT2D eigenvalue weighted by Crippen LogP contribution is -2.55. The molecule has 1 aliphatic carbocycles. The van der Waals surface area contributed by atoms with Crippen molar-refractivity contribution < 1.29 is 28.2 Å². The molecule has 0 aromatic heterocycles. The van der Waals surface area contributed by atoms with Gasteiger partial charge in [0, 0.05) is 35.8 Å². The van der Waals surface area contributed by atoms with Gasteiger partial charge in [-0.1, -0.05) is 6.07 Å². The molecule has 2 aliphatic rings. The molecule has 1 saturated heterocycles. The summed E-state index contributed by atoms with van der Waals surface area (Å²) in [6.07, 6.45) is 2.87. The molecule has 0 unspecified atom stereocenters. The Hall–Kier alpha value is -2.91. The second kappa shape index (κ2) is 9.76. The maximum Gasteiger partial charge on any atom is 0.319 e. The molecule has 3 N–H and O–H groups in total. The predicted molar refractivity (Wildman–Crippen MR) is 124 cm³/mol. The van der Waals surface area contributed by atoms with Crippen molar-refractivity contribution in [3.05, 3.63) is 53.6 Å². The second-order valence-corrected chi connectivity index (χ2v) is 8.99. The van der Waals surface area contributed by atoms with Crippen LogP contribution in [0.2, 0.25) is 0 Å². The zero-order valence-electron chi connectivity index (χ0n) is 19.5. The summed E-state index contributed by atoms with van der Waals surface area (Å²) in [5.74, 6) is -0.705. The van der Waals surface area contributed by atoms with Crippen molar-refractivity contribution in [3.8, 4) is 11.5 Å². The van der Waals surface area contributed by atoms with Gasteiger partial charge in [0.25, 0.3) is 0 Å². The highest BCUT2D eigenvalue weighted by atomic mass is 19.2. The number of amides is 2. The van der Waals surface area contributed by atoms with E-state index in [0.717, 1.165) is 37.1 Å². The van der Waals surface area contributed by atoms with Crippen LogP contribution in [0, 0.1) is 11.6 Å². The first-order valence-corrected chi connectivity index (χ1v) is 11.5. The molecule has 2 aromatic rings. The Balaban J connectivity index is 1.70. The Morgan fingerprint density at radius 3 is 2.56 bits per heavy atom. The number of primary amides is 1. The first kappa shape index (κ1) is 24.2. The molecule has 4 rings (SSSR count). The SMILES string of the molecule is COc1ccc([C@@]23CC[C@@H](N(C(N)=O)c4ccc(F)c(F)c4)C[C@@H]2N(CCO)CC3)cc1OC. The van der Waals surface area contributed by atoms with Crippen LogP contribution >= 0.6 is 0 Å². The van der Waals surface area contributed by atoms with E-state index in [-0.39, 0.29) is 29.8 Å². The van der Waals surface area contributed by atoms with Crippen molar-refractivity contribution in [2.75, 3.05) is 38.8 Å². The van der Waals surface area contributed by atoms with Crippen LogP contribution < -0.4 is 20.1 Å². The van der Waals surface area contributed by atoms with Crippen LogP contribution in [-0.2, 0) is 5.41 Å².